The van der Waals surface area contributed by atoms with Crippen molar-refractivity contribution in [2.24, 2.45) is 0 Å². The van der Waals surface area contributed by atoms with E-state index in [-0.39, 0.29) is 4.77 Å². The highest BCUT2D eigenvalue weighted by Gasteiger charge is 2.58. The van der Waals surface area contributed by atoms with Crippen molar-refractivity contribution in [1.29, 1.82) is 0 Å². The Morgan fingerprint density at radius 2 is 2.32 bits per heavy atom. The van der Waals surface area contributed by atoms with Gasteiger partial charge < -0.3 is 14.9 Å². The van der Waals surface area contributed by atoms with E-state index in [4.69, 9.17) is 22.1 Å². The van der Waals surface area contributed by atoms with E-state index in [2.05, 4.69) is 4.98 Å². The third kappa shape index (κ3) is 2.22. The quantitative estimate of drug-likeness (QED) is 0.674. The van der Waals surface area contributed by atoms with Gasteiger partial charge in [0.25, 0.3) is 5.56 Å². The molecule has 0 aromatic carbocycles. The summed E-state index contributed by atoms with van der Waals surface area (Å²) < 4.78 is 33.4. The van der Waals surface area contributed by atoms with E-state index in [1.165, 1.54) is 0 Å². The van der Waals surface area contributed by atoms with Crippen molar-refractivity contribution in [1.82, 2.24) is 9.55 Å². The Morgan fingerprint density at radius 1 is 1.63 bits per heavy atom. The van der Waals surface area contributed by atoms with Gasteiger partial charge in [0.1, 0.15) is 18.9 Å². The number of hydrogen-bond donors (Lipinski definition) is 3. The lowest BCUT2D eigenvalue weighted by molar-refractivity contribution is -0.0724. The van der Waals surface area contributed by atoms with Crippen LogP contribution < -0.4 is 5.56 Å². The second-order valence-electron chi connectivity index (χ2n) is 4.23. The number of aliphatic hydroxyl groups is 2. The van der Waals surface area contributed by atoms with Crippen LogP contribution in [0.25, 0.3) is 0 Å². The third-order valence-electron chi connectivity index (χ3n) is 3.05. The minimum atomic E-state index is -2.75. The first-order chi connectivity index (χ1) is 8.93. The van der Waals surface area contributed by atoms with Gasteiger partial charge in [0, 0.05) is 12.3 Å². The predicted octanol–water partition coefficient (Wildman–Crippen LogP) is -0.166. The predicted molar refractivity (Wildman–Crippen MR) is 62.7 cm³/mol. The molecule has 2 rings (SSSR count). The number of halogens is 2. The molecule has 9 heteroatoms. The second-order valence-corrected chi connectivity index (χ2v) is 4.62. The summed E-state index contributed by atoms with van der Waals surface area (Å²) in [6, 6.07) is 1.07. The van der Waals surface area contributed by atoms with Gasteiger partial charge in [-0.05, 0) is 12.2 Å². The van der Waals surface area contributed by atoms with Crippen molar-refractivity contribution in [2.75, 3.05) is 13.3 Å². The first kappa shape index (κ1) is 14.3. The van der Waals surface area contributed by atoms with E-state index >= 15 is 0 Å². The van der Waals surface area contributed by atoms with Crippen molar-refractivity contribution in [3.8, 4) is 0 Å². The molecule has 0 saturated carbocycles. The Hall–Kier alpha value is -1.16. The topological polar surface area (TPSA) is 87.5 Å². The number of aromatic amines is 1. The normalized spacial score (nSPS) is 34.6. The number of aliphatic hydroxyl groups excluding tert-OH is 2. The molecule has 1 aromatic rings. The van der Waals surface area contributed by atoms with Crippen molar-refractivity contribution < 1.29 is 23.7 Å². The summed E-state index contributed by atoms with van der Waals surface area (Å²) >= 11 is 4.83. The number of aromatic nitrogens is 2. The zero-order chi connectivity index (χ0) is 14.2. The third-order valence-corrected chi connectivity index (χ3v) is 3.36. The molecule has 1 aliphatic rings. The number of alkyl halides is 2. The van der Waals surface area contributed by atoms with Crippen LogP contribution in [0.15, 0.2) is 17.1 Å². The number of hydrogen-bond acceptors (Lipinski definition) is 5. The monoisotopic (exact) mass is 294 g/mol. The van der Waals surface area contributed by atoms with Gasteiger partial charge >= 0.3 is 0 Å². The van der Waals surface area contributed by atoms with E-state index in [0.29, 0.717) is 0 Å². The lowest BCUT2D eigenvalue weighted by Gasteiger charge is -2.26. The largest absolute Gasteiger partial charge is 0.394 e. The van der Waals surface area contributed by atoms with Gasteiger partial charge in [-0.1, -0.05) is 0 Å². The molecule has 19 heavy (non-hydrogen) atoms. The maximum atomic E-state index is 14.5. The molecule has 106 valence electrons. The smallest absolute Gasteiger partial charge is 0.251 e. The standard InChI is InChI=1S/C10H12F2N2O4S/c11-4-10(12)7(17)5(3-15)18-8(10)14-2-1-6(16)13-9(14)19/h1-2,5,7-8,15,17H,3-4H2,(H,13,16,19). The van der Waals surface area contributed by atoms with Crippen LogP contribution in [0, 0.1) is 4.77 Å². The zero-order valence-corrected chi connectivity index (χ0v) is 10.4. The highest BCUT2D eigenvalue weighted by Crippen LogP contribution is 2.41. The minimum Gasteiger partial charge on any atom is -0.394 e. The summed E-state index contributed by atoms with van der Waals surface area (Å²) in [4.78, 5) is 13.3. The summed E-state index contributed by atoms with van der Waals surface area (Å²) in [5.41, 5.74) is -3.24. The molecule has 0 radical (unpaired) electrons. The molecule has 2 heterocycles. The van der Waals surface area contributed by atoms with Crippen LogP contribution in [0.5, 0.6) is 0 Å². The first-order valence-electron chi connectivity index (χ1n) is 5.44. The molecular formula is C10H12F2N2O4S. The molecule has 6 nitrogen and oxygen atoms in total. The van der Waals surface area contributed by atoms with Gasteiger partial charge in [0.2, 0.25) is 5.67 Å². The molecule has 4 atom stereocenters. The van der Waals surface area contributed by atoms with Crippen molar-refractivity contribution in [3.63, 3.8) is 0 Å². The van der Waals surface area contributed by atoms with E-state index in [0.717, 1.165) is 16.8 Å². The molecular weight excluding hydrogens is 282 g/mol. The Balaban J connectivity index is 2.48. The van der Waals surface area contributed by atoms with Gasteiger partial charge in [-0.15, -0.1) is 0 Å². The van der Waals surface area contributed by atoms with Crippen molar-refractivity contribution in [2.45, 2.75) is 24.1 Å². The SMILES string of the molecule is O=c1ccn(C2OC(CO)C(O)C2(F)CF)c(=S)[nH]1. The van der Waals surface area contributed by atoms with E-state index < -0.39 is 42.9 Å². The molecule has 0 spiro atoms. The second kappa shape index (κ2) is 5.08. The Kier molecular flexibility index (Phi) is 3.81. The number of nitrogens with one attached hydrogen (secondary N) is 1. The van der Waals surface area contributed by atoms with Gasteiger partial charge in [-0.3, -0.25) is 14.3 Å². The molecule has 1 aliphatic heterocycles. The van der Waals surface area contributed by atoms with E-state index in [1.54, 1.807) is 0 Å². The molecule has 0 bridgehead atoms. The van der Waals surface area contributed by atoms with Crippen LogP contribution >= 0.6 is 12.2 Å². The molecule has 0 aliphatic carbocycles. The highest BCUT2D eigenvalue weighted by atomic mass is 32.1. The maximum Gasteiger partial charge on any atom is 0.251 e. The summed E-state index contributed by atoms with van der Waals surface area (Å²) in [7, 11) is 0. The lowest BCUT2D eigenvalue weighted by Crippen LogP contribution is -2.45. The number of H-pyrrole nitrogens is 1. The first-order valence-corrected chi connectivity index (χ1v) is 5.85. The Morgan fingerprint density at radius 3 is 2.84 bits per heavy atom. The Labute approximate surface area is 111 Å². The van der Waals surface area contributed by atoms with Crippen LogP contribution in [0.1, 0.15) is 6.23 Å². The summed E-state index contributed by atoms with van der Waals surface area (Å²) in [5.74, 6) is 0. The fourth-order valence-electron chi connectivity index (χ4n) is 2.00. The van der Waals surface area contributed by atoms with Crippen LogP contribution in [-0.2, 0) is 4.74 Å². The number of ether oxygens (including phenoxy) is 1. The fraction of sp³-hybridized carbons (Fsp3) is 0.600. The van der Waals surface area contributed by atoms with E-state index in [9.17, 15) is 18.7 Å². The molecule has 0 amide bonds. The van der Waals surface area contributed by atoms with Crippen LogP contribution in [0.4, 0.5) is 8.78 Å². The molecule has 3 N–H and O–H groups in total. The molecule has 4 unspecified atom stereocenters. The number of nitrogens with zero attached hydrogens (tertiary/aromatic N) is 1. The maximum absolute atomic E-state index is 14.5. The van der Waals surface area contributed by atoms with Gasteiger partial charge in [-0.25, -0.2) is 8.78 Å². The lowest BCUT2D eigenvalue weighted by atomic mass is 9.97. The summed E-state index contributed by atoms with van der Waals surface area (Å²) in [6.07, 6.45) is -3.52. The average molecular weight is 294 g/mol. The van der Waals surface area contributed by atoms with Crippen LogP contribution in [-0.4, -0.2) is 50.9 Å². The molecule has 1 aromatic heterocycles. The van der Waals surface area contributed by atoms with Crippen molar-refractivity contribution >= 4 is 12.2 Å². The molecule has 1 saturated heterocycles. The highest BCUT2D eigenvalue weighted by molar-refractivity contribution is 7.71. The van der Waals surface area contributed by atoms with E-state index in [1.807, 2.05) is 0 Å². The van der Waals surface area contributed by atoms with Crippen LogP contribution in [0.3, 0.4) is 0 Å². The fourth-order valence-corrected chi connectivity index (χ4v) is 2.26. The Bertz CT molecular complexity index is 577. The van der Waals surface area contributed by atoms with Gasteiger partial charge in [0.15, 0.2) is 11.0 Å². The van der Waals surface area contributed by atoms with Crippen LogP contribution in [0.2, 0.25) is 0 Å². The molecule has 1 fully saturated rings. The summed E-state index contributed by atoms with van der Waals surface area (Å²) in [6.45, 7) is -2.18. The van der Waals surface area contributed by atoms with Gasteiger partial charge in [0.05, 0.1) is 6.61 Å². The average Bonchev–Trinajstić information content (AvgIpc) is 2.63. The van der Waals surface area contributed by atoms with Gasteiger partial charge in [-0.2, -0.15) is 0 Å². The van der Waals surface area contributed by atoms with Crippen molar-refractivity contribution in [3.05, 3.63) is 27.4 Å². The minimum absolute atomic E-state index is 0.168. The number of rotatable bonds is 3. The summed E-state index contributed by atoms with van der Waals surface area (Å²) in [5, 5.41) is 18.6. The zero-order valence-electron chi connectivity index (χ0n) is 9.62.